The molecule has 0 atom stereocenters. The summed E-state index contributed by atoms with van der Waals surface area (Å²) in [6, 6.07) is 23.9. The van der Waals surface area contributed by atoms with Crippen LogP contribution in [0.3, 0.4) is 0 Å². The molecule has 1 heterocycles. The van der Waals surface area contributed by atoms with Crippen LogP contribution in [0.15, 0.2) is 88.5 Å². The Bertz CT molecular complexity index is 1200. The number of hydrogen-bond acceptors (Lipinski definition) is 4. The van der Waals surface area contributed by atoms with E-state index in [4.69, 9.17) is 0 Å². The normalized spacial score (nSPS) is 10.8. The van der Waals surface area contributed by atoms with Gasteiger partial charge in [0.15, 0.2) is 11.0 Å². The maximum absolute atomic E-state index is 13.4. The van der Waals surface area contributed by atoms with Crippen molar-refractivity contribution in [3.63, 3.8) is 0 Å². The number of halogens is 2. The van der Waals surface area contributed by atoms with Crippen LogP contribution >= 0.6 is 27.7 Å². The van der Waals surface area contributed by atoms with Gasteiger partial charge in [-0.15, -0.1) is 10.2 Å². The van der Waals surface area contributed by atoms with E-state index in [1.807, 2.05) is 47.0 Å². The van der Waals surface area contributed by atoms with E-state index in [-0.39, 0.29) is 11.7 Å². The second-order valence-corrected chi connectivity index (χ2v) is 8.91. The third-order valence-electron chi connectivity index (χ3n) is 4.73. The Labute approximate surface area is 198 Å². The van der Waals surface area contributed by atoms with Gasteiger partial charge in [0.25, 0.3) is 0 Å². The fraction of sp³-hybridized carbons (Fsp3) is 0.125. The first-order chi connectivity index (χ1) is 15.6. The lowest BCUT2D eigenvalue weighted by molar-refractivity contribution is -0.113. The Balaban J connectivity index is 1.51. The molecule has 0 aliphatic rings. The largest absolute Gasteiger partial charge is 0.325 e. The minimum Gasteiger partial charge on any atom is -0.325 e. The molecule has 8 heteroatoms. The second kappa shape index (κ2) is 10.6. The fourth-order valence-corrected chi connectivity index (χ4v) is 4.22. The van der Waals surface area contributed by atoms with E-state index in [0.717, 1.165) is 22.3 Å². The predicted molar refractivity (Wildman–Crippen MR) is 129 cm³/mol. The summed E-state index contributed by atoms with van der Waals surface area (Å²) in [4.78, 5) is 12.4. The zero-order valence-corrected chi connectivity index (χ0v) is 19.4. The summed E-state index contributed by atoms with van der Waals surface area (Å²) in [6.07, 6.45) is 0.811. The molecule has 1 aromatic heterocycles. The molecule has 4 rings (SSSR count). The lowest BCUT2D eigenvalue weighted by Crippen LogP contribution is -2.15. The van der Waals surface area contributed by atoms with E-state index in [1.165, 1.54) is 29.5 Å². The molecule has 0 aliphatic heterocycles. The maximum Gasteiger partial charge on any atom is 0.234 e. The molecular formula is C24H20BrFN4OS. The molecule has 3 aromatic carbocycles. The number of hydrogen-bond donors (Lipinski definition) is 1. The van der Waals surface area contributed by atoms with Gasteiger partial charge in [0, 0.05) is 22.3 Å². The van der Waals surface area contributed by atoms with Crippen molar-refractivity contribution < 1.29 is 9.18 Å². The molecular weight excluding hydrogens is 491 g/mol. The van der Waals surface area contributed by atoms with Crippen molar-refractivity contribution in [2.24, 2.45) is 0 Å². The third kappa shape index (κ3) is 5.83. The monoisotopic (exact) mass is 510 g/mol. The average molecular weight is 511 g/mol. The number of nitrogens with one attached hydrogen (secondary N) is 1. The van der Waals surface area contributed by atoms with Crippen molar-refractivity contribution in [2.45, 2.75) is 18.1 Å². The van der Waals surface area contributed by atoms with E-state index in [1.54, 1.807) is 12.1 Å². The lowest BCUT2D eigenvalue weighted by Gasteiger charge is -2.11. The van der Waals surface area contributed by atoms with Crippen LogP contribution in [0.4, 0.5) is 10.1 Å². The van der Waals surface area contributed by atoms with E-state index in [0.29, 0.717) is 17.4 Å². The second-order valence-electron chi connectivity index (χ2n) is 7.05. The molecule has 0 unspecified atom stereocenters. The highest BCUT2D eigenvalue weighted by molar-refractivity contribution is 9.10. The first-order valence-corrected chi connectivity index (χ1v) is 11.8. The van der Waals surface area contributed by atoms with Crippen molar-refractivity contribution >= 4 is 39.3 Å². The summed E-state index contributed by atoms with van der Waals surface area (Å²) in [5.41, 5.74) is 2.59. The van der Waals surface area contributed by atoms with Gasteiger partial charge in [-0.05, 0) is 42.3 Å². The zero-order valence-electron chi connectivity index (χ0n) is 17.0. The van der Waals surface area contributed by atoms with Gasteiger partial charge in [0.05, 0.1) is 5.75 Å². The van der Waals surface area contributed by atoms with Gasteiger partial charge in [0.1, 0.15) is 5.82 Å². The van der Waals surface area contributed by atoms with Gasteiger partial charge in [-0.1, -0.05) is 76.2 Å². The van der Waals surface area contributed by atoms with E-state index < -0.39 is 5.82 Å². The molecule has 0 bridgehead atoms. The molecule has 0 aliphatic carbocycles. The van der Waals surface area contributed by atoms with Crippen LogP contribution in [0.1, 0.15) is 5.56 Å². The number of anilines is 1. The smallest absolute Gasteiger partial charge is 0.234 e. The van der Waals surface area contributed by atoms with Crippen molar-refractivity contribution in [3.8, 4) is 11.4 Å². The SMILES string of the molecule is O=C(CSc1nnc(-c2ccc(Br)cc2)n1CCc1ccccc1)Nc1cccc(F)c1. The minimum absolute atomic E-state index is 0.139. The molecule has 4 aromatic rings. The Morgan fingerprint density at radius 3 is 2.53 bits per heavy atom. The van der Waals surface area contributed by atoms with Gasteiger partial charge in [0.2, 0.25) is 5.91 Å². The van der Waals surface area contributed by atoms with Gasteiger partial charge < -0.3 is 9.88 Å². The van der Waals surface area contributed by atoms with Gasteiger partial charge in [-0.3, -0.25) is 4.79 Å². The summed E-state index contributed by atoms with van der Waals surface area (Å²) in [5, 5.41) is 12.1. The molecule has 0 spiro atoms. The number of amides is 1. The summed E-state index contributed by atoms with van der Waals surface area (Å²) in [6.45, 7) is 0.677. The zero-order chi connectivity index (χ0) is 22.3. The van der Waals surface area contributed by atoms with Crippen LogP contribution in [0.2, 0.25) is 0 Å². The Kier molecular flexibility index (Phi) is 7.34. The lowest BCUT2D eigenvalue weighted by atomic mass is 10.1. The number of thioether (sulfide) groups is 1. The number of aryl methyl sites for hydroxylation is 1. The quantitative estimate of drug-likeness (QED) is 0.303. The number of aromatic nitrogens is 3. The number of carbonyl (C=O) groups is 1. The molecule has 0 saturated heterocycles. The van der Waals surface area contributed by atoms with Gasteiger partial charge in [-0.25, -0.2) is 4.39 Å². The van der Waals surface area contributed by atoms with E-state index in [9.17, 15) is 9.18 Å². The third-order valence-corrected chi connectivity index (χ3v) is 6.22. The summed E-state index contributed by atoms with van der Waals surface area (Å²) in [5.74, 6) is 0.264. The van der Waals surface area contributed by atoms with Gasteiger partial charge in [-0.2, -0.15) is 0 Å². The molecule has 0 saturated carbocycles. The first kappa shape index (κ1) is 22.2. The van der Waals surface area contributed by atoms with Crippen molar-refractivity contribution in [1.29, 1.82) is 0 Å². The average Bonchev–Trinajstić information content (AvgIpc) is 3.20. The molecule has 0 fully saturated rings. The van der Waals surface area contributed by atoms with Crippen LogP contribution in [-0.2, 0) is 17.8 Å². The number of rotatable bonds is 8. The van der Waals surface area contributed by atoms with Crippen molar-refractivity contribution in [3.05, 3.63) is 94.7 Å². The first-order valence-electron chi connectivity index (χ1n) is 10.00. The fourth-order valence-electron chi connectivity index (χ4n) is 3.19. The minimum atomic E-state index is -0.393. The van der Waals surface area contributed by atoms with E-state index in [2.05, 4.69) is 43.6 Å². The molecule has 1 N–H and O–H groups in total. The summed E-state index contributed by atoms with van der Waals surface area (Å²) in [7, 11) is 0. The number of nitrogens with zero attached hydrogens (tertiary/aromatic N) is 3. The number of benzene rings is 3. The summed E-state index contributed by atoms with van der Waals surface area (Å²) >= 11 is 4.77. The Hall–Kier alpha value is -2.97. The van der Waals surface area contributed by atoms with Crippen molar-refractivity contribution in [1.82, 2.24) is 14.8 Å². The van der Waals surface area contributed by atoms with E-state index >= 15 is 0 Å². The molecule has 5 nitrogen and oxygen atoms in total. The topological polar surface area (TPSA) is 59.8 Å². The predicted octanol–water partition coefficient (Wildman–Crippen LogP) is 5.82. The summed E-state index contributed by atoms with van der Waals surface area (Å²) < 4.78 is 16.4. The molecule has 1 amide bonds. The van der Waals surface area contributed by atoms with Crippen LogP contribution < -0.4 is 5.32 Å². The number of carbonyl (C=O) groups excluding carboxylic acids is 1. The van der Waals surface area contributed by atoms with Crippen LogP contribution in [0, 0.1) is 5.82 Å². The molecule has 0 radical (unpaired) electrons. The van der Waals surface area contributed by atoms with Crippen LogP contribution in [0.5, 0.6) is 0 Å². The van der Waals surface area contributed by atoms with Gasteiger partial charge >= 0.3 is 0 Å². The Morgan fingerprint density at radius 2 is 1.78 bits per heavy atom. The highest BCUT2D eigenvalue weighted by atomic mass is 79.9. The maximum atomic E-state index is 13.4. The van der Waals surface area contributed by atoms with Crippen LogP contribution in [-0.4, -0.2) is 26.4 Å². The van der Waals surface area contributed by atoms with Crippen molar-refractivity contribution in [2.75, 3.05) is 11.1 Å². The molecule has 32 heavy (non-hydrogen) atoms. The van der Waals surface area contributed by atoms with Crippen LogP contribution in [0.25, 0.3) is 11.4 Å². The highest BCUT2D eigenvalue weighted by Crippen LogP contribution is 2.26. The molecule has 162 valence electrons. The Morgan fingerprint density at radius 1 is 1.00 bits per heavy atom. The highest BCUT2D eigenvalue weighted by Gasteiger charge is 2.16. The standard InChI is InChI=1S/C24H20BrFN4OS/c25-19-11-9-18(10-12-19)23-28-29-24(30(23)14-13-17-5-2-1-3-6-17)32-16-22(31)27-21-8-4-7-20(26)15-21/h1-12,15H,13-14,16H2,(H,27,31).